The van der Waals surface area contributed by atoms with Gasteiger partial charge < -0.3 is 10.2 Å². The van der Waals surface area contributed by atoms with Gasteiger partial charge in [-0.25, -0.2) is 9.97 Å². The van der Waals surface area contributed by atoms with Crippen LogP contribution in [0.25, 0.3) is 22.3 Å². The minimum atomic E-state index is -0.0153. The van der Waals surface area contributed by atoms with E-state index in [1.807, 2.05) is 32.0 Å². The Labute approximate surface area is 204 Å². The quantitative estimate of drug-likeness (QED) is 0.407. The zero-order valence-electron chi connectivity index (χ0n) is 20.3. The highest BCUT2D eigenvalue weighted by Gasteiger charge is 2.17. The number of Topliss-reactive ketones (excluding diaryl/α,β-unsaturated/α-hetero) is 1. The van der Waals surface area contributed by atoms with Crippen LogP contribution in [0.5, 0.6) is 0 Å². The lowest BCUT2D eigenvalue weighted by molar-refractivity contribution is 0.0992. The summed E-state index contributed by atoms with van der Waals surface area (Å²) in [6.07, 6.45) is 11.0. The lowest BCUT2D eigenvalue weighted by atomic mass is 10.1. The molecule has 1 N–H and O–H groups in total. The van der Waals surface area contributed by atoms with Gasteiger partial charge in [0.2, 0.25) is 0 Å². The van der Waals surface area contributed by atoms with Crippen molar-refractivity contribution in [2.75, 3.05) is 25.5 Å². The van der Waals surface area contributed by atoms with E-state index in [1.54, 1.807) is 35.7 Å². The summed E-state index contributed by atoms with van der Waals surface area (Å²) in [6, 6.07) is 6.39. The third kappa shape index (κ3) is 5.35. The number of fused-ring (bicyclic) bond motifs is 1. The van der Waals surface area contributed by atoms with E-state index in [0.717, 1.165) is 48.3 Å². The maximum absolute atomic E-state index is 12.8. The van der Waals surface area contributed by atoms with Crippen LogP contribution < -0.4 is 5.32 Å². The van der Waals surface area contributed by atoms with Crippen molar-refractivity contribution in [1.29, 1.82) is 0 Å². The normalized spacial score (nSPS) is 15.1. The van der Waals surface area contributed by atoms with Crippen molar-refractivity contribution in [1.82, 2.24) is 34.6 Å². The molecule has 1 fully saturated rings. The van der Waals surface area contributed by atoms with Crippen LogP contribution in [0.15, 0.2) is 49.2 Å². The first-order valence-electron chi connectivity index (χ1n) is 12.0. The Kier molecular flexibility index (Phi) is 6.50. The van der Waals surface area contributed by atoms with E-state index in [0.29, 0.717) is 23.0 Å². The predicted octanol–water partition coefficient (Wildman–Crippen LogP) is 3.80. The first-order chi connectivity index (χ1) is 16.9. The molecular formula is C26H30N8O. The van der Waals surface area contributed by atoms with Crippen molar-refractivity contribution >= 4 is 22.5 Å². The van der Waals surface area contributed by atoms with Gasteiger partial charge in [0.15, 0.2) is 5.78 Å². The van der Waals surface area contributed by atoms with Crippen LogP contribution in [0.1, 0.15) is 48.8 Å². The zero-order valence-corrected chi connectivity index (χ0v) is 20.3. The van der Waals surface area contributed by atoms with Gasteiger partial charge >= 0.3 is 0 Å². The second kappa shape index (κ2) is 9.87. The van der Waals surface area contributed by atoms with Gasteiger partial charge in [0.05, 0.1) is 47.5 Å². The van der Waals surface area contributed by atoms with Gasteiger partial charge in [-0.1, -0.05) is 0 Å². The van der Waals surface area contributed by atoms with Crippen molar-refractivity contribution in [2.24, 2.45) is 0 Å². The lowest BCUT2D eigenvalue weighted by Crippen LogP contribution is -2.36. The minimum absolute atomic E-state index is 0.0153. The standard InChI is InChI=1S/C26H30N8O/c1-17(2)34-16-19(13-29-34)25(35)11-21-10-23-18(12-28-21)4-5-22(31-23)24-14-27-15-26(32-24)30-20-6-8-33(3)9-7-20/h4-5,10,12-17,20H,6-9,11H2,1-3H3,(H,30,32). The highest BCUT2D eigenvalue weighted by molar-refractivity contribution is 5.97. The molecular weight excluding hydrogens is 440 g/mol. The van der Waals surface area contributed by atoms with Crippen molar-refractivity contribution in [3.63, 3.8) is 0 Å². The number of piperidine rings is 1. The number of nitrogens with zero attached hydrogens (tertiary/aromatic N) is 7. The van der Waals surface area contributed by atoms with Crippen molar-refractivity contribution in [3.8, 4) is 11.4 Å². The summed E-state index contributed by atoms with van der Waals surface area (Å²) < 4.78 is 1.78. The maximum Gasteiger partial charge on any atom is 0.171 e. The summed E-state index contributed by atoms with van der Waals surface area (Å²) in [5.41, 5.74) is 3.48. The molecule has 0 atom stereocenters. The van der Waals surface area contributed by atoms with Gasteiger partial charge in [-0.3, -0.25) is 19.4 Å². The summed E-state index contributed by atoms with van der Waals surface area (Å²) in [6.45, 7) is 6.21. The van der Waals surface area contributed by atoms with Crippen LogP contribution >= 0.6 is 0 Å². The smallest absolute Gasteiger partial charge is 0.171 e. The number of rotatable bonds is 7. The Bertz CT molecular complexity index is 1340. The average molecular weight is 471 g/mol. The molecule has 0 bridgehead atoms. The number of ketones is 1. The maximum atomic E-state index is 12.8. The van der Waals surface area contributed by atoms with E-state index in [9.17, 15) is 4.79 Å². The van der Waals surface area contributed by atoms with Crippen LogP contribution in [0, 0.1) is 0 Å². The van der Waals surface area contributed by atoms with Gasteiger partial charge in [0, 0.05) is 29.9 Å². The Morgan fingerprint density at radius 2 is 1.91 bits per heavy atom. The molecule has 4 aromatic rings. The Morgan fingerprint density at radius 1 is 1.09 bits per heavy atom. The van der Waals surface area contributed by atoms with Crippen LogP contribution in [0.4, 0.5) is 5.82 Å². The number of carbonyl (C=O) groups is 1. The summed E-state index contributed by atoms with van der Waals surface area (Å²) in [7, 11) is 2.15. The van der Waals surface area contributed by atoms with E-state index < -0.39 is 0 Å². The first-order valence-corrected chi connectivity index (χ1v) is 12.0. The van der Waals surface area contributed by atoms with Crippen molar-refractivity contribution in [3.05, 3.63) is 60.4 Å². The average Bonchev–Trinajstić information content (AvgIpc) is 3.36. The van der Waals surface area contributed by atoms with E-state index in [4.69, 9.17) is 9.97 Å². The van der Waals surface area contributed by atoms with Crippen LogP contribution in [0.2, 0.25) is 0 Å². The molecule has 0 saturated carbocycles. The molecule has 9 nitrogen and oxygen atoms in total. The molecule has 35 heavy (non-hydrogen) atoms. The highest BCUT2D eigenvalue weighted by Crippen LogP contribution is 2.22. The molecule has 0 radical (unpaired) electrons. The molecule has 0 aromatic carbocycles. The van der Waals surface area contributed by atoms with Gasteiger partial charge in [0.1, 0.15) is 11.5 Å². The fourth-order valence-corrected chi connectivity index (χ4v) is 4.25. The van der Waals surface area contributed by atoms with Crippen LogP contribution in [-0.4, -0.2) is 66.6 Å². The van der Waals surface area contributed by atoms with Crippen molar-refractivity contribution in [2.45, 2.75) is 45.2 Å². The molecule has 1 aliphatic rings. The monoisotopic (exact) mass is 470 g/mol. The molecule has 9 heteroatoms. The lowest BCUT2D eigenvalue weighted by Gasteiger charge is -2.29. The summed E-state index contributed by atoms with van der Waals surface area (Å²) >= 11 is 0. The van der Waals surface area contributed by atoms with E-state index >= 15 is 0 Å². The number of likely N-dealkylation sites (tertiary alicyclic amines) is 1. The number of carbonyl (C=O) groups excluding carboxylic acids is 1. The van der Waals surface area contributed by atoms with Gasteiger partial charge in [-0.05, 0) is 65.0 Å². The molecule has 0 unspecified atom stereocenters. The summed E-state index contributed by atoms with van der Waals surface area (Å²) in [5, 5.41) is 8.69. The highest BCUT2D eigenvalue weighted by atomic mass is 16.1. The molecule has 0 spiro atoms. The predicted molar refractivity (Wildman–Crippen MR) is 135 cm³/mol. The number of aromatic nitrogens is 6. The molecule has 0 amide bonds. The van der Waals surface area contributed by atoms with E-state index in [2.05, 4.69) is 32.3 Å². The van der Waals surface area contributed by atoms with Crippen LogP contribution in [0.3, 0.4) is 0 Å². The SMILES string of the molecule is CC(C)n1cc(C(=O)Cc2cc3nc(-c4cncc(NC5CCN(C)CC5)n4)ccc3cn2)cn1. The fraction of sp³-hybridized carbons (Fsp3) is 0.385. The molecule has 1 saturated heterocycles. The number of hydrogen-bond donors (Lipinski definition) is 1. The minimum Gasteiger partial charge on any atom is -0.366 e. The molecule has 1 aliphatic heterocycles. The summed E-state index contributed by atoms with van der Waals surface area (Å²) in [4.78, 5) is 33.5. The Hall–Kier alpha value is -3.72. The Balaban J connectivity index is 1.34. The number of pyridine rings is 2. The zero-order chi connectivity index (χ0) is 24.4. The van der Waals surface area contributed by atoms with Gasteiger partial charge in [0.25, 0.3) is 0 Å². The van der Waals surface area contributed by atoms with Crippen molar-refractivity contribution < 1.29 is 4.79 Å². The number of nitrogens with one attached hydrogen (secondary N) is 1. The van der Waals surface area contributed by atoms with E-state index in [-0.39, 0.29) is 18.2 Å². The molecule has 5 rings (SSSR count). The second-order valence-electron chi connectivity index (χ2n) is 9.48. The third-order valence-electron chi connectivity index (χ3n) is 6.39. The van der Waals surface area contributed by atoms with Crippen LogP contribution in [-0.2, 0) is 6.42 Å². The molecule has 0 aliphatic carbocycles. The fourth-order valence-electron chi connectivity index (χ4n) is 4.25. The summed E-state index contributed by atoms with van der Waals surface area (Å²) in [5.74, 6) is 0.750. The molecule has 180 valence electrons. The first kappa shape index (κ1) is 23.0. The second-order valence-corrected chi connectivity index (χ2v) is 9.48. The third-order valence-corrected chi connectivity index (χ3v) is 6.39. The number of hydrogen-bond acceptors (Lipinski definition) is 8. The Morgan fingerprint density at radius 3 is 2.69 bits per heavy atom. The van der Waals surface area contributed by atoms with E-state index in [1.165, 1.54) is 0 Å². The molecule has 5 heterocycles. The van der Waals surface area contributed by atoms with Gasteiger partial charge in [-0.15, -0.1) is 0 Å². The molecule has 4 aromatic heterocycles. The van der Waals surface area contributed by atoms with Gasteiger partial charge in [-0.2, -0.15) is 5.10 Å². The topological polar surface area (TPSA) is 102 Å². The largest absolute Gasteiger partial charge is 0.366 e. The number of anilines is 1.